The van der Waals surface area contributed by atoms with Crippen LogP contribution in [0.1, 0.15) is 44.5 Å². The van der Waals surface area contributed by atoms with Crippen LogP contribution in [0.4, 0.5) is 4.39 Å². The fourth-order valence-corrected chi connectivity index (χ4v) is 3.16. The second-order valence-corrected chi connectivity index (χ2v) is 7.29. The number of benzene rings is 1. The van der Waals surface area contributed by atoms with Crippen molar-refractivity contribution in [3.63, 3.8) is 0 Å². The van der Waals surface area contributed by atoms with Gasteiger partial charge in [0.05, 0.1) is 16.7 Å². The van der Waals surface area contributed by atoms with Gasteiger partial charge in [0.2, 0.25) is 0 Å². The number of carbonyl (C=O) groups excluding carboxylic acids is 2. The first-order valence-corrected chi connectivity index (χ1v) is 8.92. The van der Waals surface area contributed by atoms with Gasteiger partial charge in [-0.1, -0.05) is 32.4 Å². The summed E-state index contributed by atoms with van der Waals surface area (Å²) in [6.45, 7) is 7.39. The molecule has 0 bridgehead atoms. The molecule has 0 saturated heterocycles. The molecule has 2 unspecified atom stereocenters. The van der Waals surface area contributed by atoms with Crippen LogP contribution in [0, 0.1) is 11.7 Å². The Labute approximate surface area is 154 Å². The molecule has 0 spiro atoms. The van der Waals surface area contributed by atoms with E-state index in [0.717, 1.165) is 17.8 Å². The first-order valence-electron chi connectivity index (χ1n) is 7.66. The third-order valence-electron chi connectivity index (χ3n) is 3.37. The molecule has 0 aliphatic rings. The van der Waals surface area contributed by atoms with Crippen LogP contribution in [-0.2, 0) is 9.53 Å². The lowest BCUT2D eigenvalue weighted by atomic mass is 10.1. The van der Waals surface area contributed by atoms with Crippen molar-refractivity contribution in [2.45, 2.75) is 50.4 Å². The second-order valence-electron chi connectivity index (χ2n) is 5.70. The lowest BCUT2D eigenvalue weighted by Gasteiger charge is -2.22. The van der Waals surface area contributed by atoms with Gasteiger partial charge in [-0.3, -0.25) is 9.59 Å². The van der Waals surface area contributed by atoms with Crippen molar-refractivity contribution >= 4 is 35.2 Å². The molecule has 2 atom stereocenters. The number of hydrogen-bond donors (Lipinski definition) is 0. The highest BCUT2D eigenvalue weighted by molar-refractivity contribution is 8.00. The molecular formula is C16H19ClFN3O3S. The van der Waals surface area contributed by atoms with Crippen LogP contribution in [0.2, 0.25) is 5.02 Å². The lowest BCUT2D eigenvalue weighted by Crippen LogP contribution is -2.28. The van der Waals surface area contributed by atoms with Crippen molar-refractivity contribution in [1.29, 1.82) is 0 Å². The van der Waals surface area contributed by atoms with E-state index in [4.69, 9.17) is 21.9 Å². The van der Waals surface area contributed by atoms with Crippen molar-refractivity contribution in [2.24, 2.45) is 11.0 Å². The highest BCUT2D eigenvalue weighted by Gasteiger charge is 2.28. The fourth-order valence-electron chi connectivity index (χ4n) is 1.82. The van der Waals surface area contributed by atoms with Gasteiger partial charge in [-0.05, 0) is 42.0 Å². The molecule has 9 heteroatoms. The standard InChI is InChI=1S/C16H19ClFN3O3S/c1-5-9(4)24-16(23)14(8(2)3)25-13-6-10(15(22)20-21-19)12(18)7-11(13)17/h6-9,14H,5H2,1-4H3. The van der Waals surface area contributed by atoms with Crippen molar-refractivity contribution < 1.29 is 18.7 Å². The Hall–Kier alpha value is -1.76. The van der Waals surface area contributed by atoms with Crippen LogP contribution in [-0.4, -0.2) is 23.2 Å². The Morgan fingerprint density at radius 2 is 2.04 bits per heavy atom. The van der Waals surface area contributed by atoms with Gasteiger partial charge in [0.15, 0.2) is 0 Å². The third-order valence-corrected chi connectivity index (χ3v) is 5.38. The predicted octanol–water partition coefficient (Wildman–Crippen LogP) is 5.39. The van der Waals surface area contributed by atoms with E-state index in [0.29, 0.717) is 11.3 Å². The number of carbonyl (C=O) groups is 2. The molecule has 0 aromatic heterocycles. The summed E-state index contributed by atoms with van der Waals surface area (Å²) < 4.78 is 19.3. The first-order chi connectivity index (χ1) is 11.7. The van der Waals surface area contributed by atoms with E-state index in [1.54, 1.807) is 6.92 Å². The molecular weight excluding hydrogens is 369 g/mol. The summed E-state index contributed by atoms with van der Waals surface area (Å²) >= 11 is 7.12. The highest BCUT2D eigenvalue weighted by Crippen LogP contribution is 2.36. The monoisotopic (exact) mass is 387 g/mol. The molecule has 0 aliphatic heterocycles. The molecule has 136 valence electrons. The van der Waals surface area contributed by atoms with E-state index in [-0.39, 0.29) is 17.0 Å². The van der Waals surface area contributed by atoms with Crippen molar-refractivity contribution in [3.05, 3.63) is 39.0 Å². The molecule has 0 aliphatic carbocycles. The van der Waals surface area contributed by atoms with Gasteiger partial charge in [0.25, 0.3) is 5.91 Å². The van der Waals surface area contributed by atoms with Gasteiger partial charge in [0, 0.05) is 9.81 Å². The molecule has 1 amide bonds. The second kappa shape index (κ2) is 9.65. The highest BCUT2D eigenvalue weighted by atomic mass is 35.5. The van der Waals surface area contributed by atoms with E-state index in [1.807, 2.05) is 20.8 Å². The van der Waals surface area contributed by atoms with Crippen LogP contribution < -0.4 is 0 Å². The number of rotatable bonds is 7. The number of ether oxygens (including phenoxy) is 1. The number of amides is 1. The quantitative estimate of drug-likeness (QED) is 0.206. The smallest absolute Gasteiger partial charge is 0.319 e. The van der Waals surface area contributed by atoms with E-state index in [2.05, 4.69) is 10.0 Å². The number of esters is 1. The summed E-state index contributed by atoms with van der Waals surface area (Å²) in [4.78, 5) is 26.7. The van der Waals surface area contributed by atoms with Crippen LogP contribution in [0.25, 0.3) is 10.4 Å². The minimum atomic E-state index is -1.05. The summed E-state index contributed by atoms with van der Waals surface area (Å²) in [5.74, 6) is -2.44. The number of nitrogens with zero attached hydrogens (tertiary/aromatic N) is 3. The van der Waals surface area contributed by atoms with Crippen LogP contribution >= 0.6 is 23.4 Å². The molecule has 1 rings (SSSR count). The van der Waals surface area contributed by atoms with Gasteiger partial charge in [-0.2, -0.15) is 0 Å². The predicted molar refractivity (Wildman–Crippen MR) is 95.2 cm³/mol. The summed E-state index contributed by atoms with van der Waals surface area (Å²) in [5.41, 5.74) is 7.93. The molecule has 25 heavy (non-hydrogen) atoms. The average molecular weight is 388 g/mol. The van der Waals surface area contributed by atoms with Crippen molar-refractivity contribution in [3.8, 4) is 0 Å². The van der Waals surface area contributed by atoms with Gasteiger partial charge in [-0.15, -0.1) is 11.8 Å². The number of thioether (sulfide) groups is 1. The maximum absolute atomic E-state index is 13.9. The lowest BCUT2D eigenvalue weighted by molar-refractivity contribution is -0.148. The zero-order valence-electron chi connectivity index (χ0n) is 14.3. The van der Waals surface area contributed by atoms with Crippen molar-refractivity contribution in [2.75, 3.05) is 0 Å². The van der Waals surface area contributed by atoms with E-state index >= 15 is 0 Å². The van der Waals surface area contributed by atoms with E-state index in [9.17, 15) is 14.0 Å². The summed E-state index contributed by atoms with van der Waals surface area (Å²) in [6, 6.07) is 2.15. The maximum Gasteiger partial charge on any atom is 0.319 e. The zero-order chi connectivity index (χ0) is 19.1. The van der Waals surface area contributed by atoms with Gasteiger partial charge < -0.3 is 4.74 Å². The van der Waals surface area contributed by atoms with Crippen LogP contribution in [0.5, 0.6) is 0 Å². The Morgan fingerprint density at radius 1 is 1.40 bits per heavy atom. The SMILES string of the molecule is CCC(C)OC(=O)C(Sc1cc(C(=O)N=[N+]=[N-])c(F)cc1Cl)C(C)C. The Kier molecular flexibility index (Phi) is 8.22. The van der Waals surface area contributed by atoms with Crippen LogP contribution in [0.3, 0.4) is 0 Å². The number of halogens is 2. The summed E-state index contributed by atoms with van der Waals surface area (Å²) in [5, 5.41) is 2.36. The molecule has 0 N–H and O–H groups in total. The Balaban J connectivity index is 3.16. The maximum atomic E-state index is 13.9. The topological polar surface area (TPSA) is 92.1 Å². The summed E-state index contributed by atoms with van der Waals surface area (Å²) in [6.07, 6.45) is 0.462. The minimum Gasteiger partial charge on any atom is -0.462 e. The minimum absolute atomic E-state index is 0.0574. The Bertz CT molecular complexity index is 708. The zero-order valence-corrected chi connectivity index (χ0v) is 15.9. The van der Waals surface area contributed by atoms with Crippen molar-refractivity contribution in [1.82, 2.24) is 0 Å². The van der Waals surface area contributed by atoms with Gasteiger partial charge in [-0.25, -0.2) is 4.39 Å². The Morgan fingerprint density at radius 3 is 2.56 bits per heavy atom. The molecule has 1 aromatic carbocycles. The third kappa shape index (κ3) is 5.92. The average Bonchev–Trinajstić information content (AvgIpc) is 2.53. The van der Waals surface area contributed by atoms with Gasteiger partial charge in [0.1, 0.15) is 11.1 Å². The van der Waals surface area contributed by atoms with E-state index in [1.165, 1.54) is 6.07 Å². The fraction of sp³-hybridized carbons (Fsp3) is 0.500. The van der Waals surface area contributed by atoms with E-state index < -0.39 is 28.5 Å². The van der Waals surface area contributed by atoms with Gasteiger partial charge >= 0.3 is 5.97 Å². The molecule has 0 radical (unpaired) electrons. The van der Waals surface area contributed by atoms with Crippen LogP contribution in [0.15, 0.2) is 22.1 Å². The molecule has 0 heterocycles. The first kappa shape index (κ1) is 21.3. The number of azide groups is 1. The molecule has 0 fully saturated rings. The summed E-state index contributed by atoms with van der Waals surface area (Å²) in [7, 11) is 0. The molecule has 0 saturated carbocycles. The number of hydrogen-bond acceptors (Lipinski definition) is 4. The molecule has 6 nitrogen and oxygen atoms in total. The molecule has 1 aromatic rings. The normalized spacial score (nSPS) is 13.1. The largest absolute Gasteiger partial charge is 0.462 e.